The van der Waals surface area contributed by atoms with Crippen molar-refractivity contribution in [1.29, 1.82) is 0 Å². The molecular formula is C18H12ClS+. The molecular weight excluding hydrogens is 284 g/mol. The van der Waals surface area contributed by atoms with Crippen molar-refractivity contribution in [2.24, 2.45) is 0 Å². The van der Waals surface area contributed by atoms with E-state index in [1.807, 2.05) is 12.1 Å². The fraction of sp³-hybridized carbons (Fsp3) is 0. The van der Waals surface area contributed by atoms with Gasteiger partial charge in [0.05, 0.1) is 0 Å². The van der Waals surface area contributed by atoms with Crippen molar-refractivity contribution in [2.45, 2.75) is 0 Å². The summed E-state index contributed by atoms with van der Waals surface area (Å²) < 4.78 is 2.80. The third kappa shape index (κ3) is 1.75. The van der Waals surface area contributed by atoms with Gasteiger partial charge in [-0.2, -0.15) is 0 Å². The number of fused-ring (bicyclic) bond motifs is 3. The minimum absolute atomic E-state index is 0.0353. The Morgan fingerprint density at radius 1 is 0.650 bits per heavy atom. The number of rotatable bonds is 1. The molecule has 0 aliphatic heterocycles. The van der Waals surface area contributed by atoms with Crippen LogP contribution in [-0.2, 0) is 0 Å². The summed E-state index contributed by atoms with van der Waals surface area (Å²) >= 11 is 6.18. The normalized spacial score (nSPS) is 11.2. The zero-order valence-corrected chi connectivity index (χ0v) is 12.3. The molecule has 0 aliphatic rings. The molecule has 2 heteroatoms. The predicted octanol–water partition coefficient (Wildman–Crippen LogP) is 6.38. The summed E-state index contributed by atoms with van der Waals surface area (Å²) in [6.07, 6.45) is 0. The van der Waals surface area contributed by atoms with Crippen molar-refractivity contribution in [3.8, 4) is 4.90 Å². The highest BCUT2D eigenvalue weighted by Crippen LogP contribution is 2.48. The zero-order chi connectivity index (χ0) is 13.5. The van der Waals surface area contributed by atoms with Crippen molar-refractivity contribution in [3.05, 3.63) is 77.8 Å². The standard InChI is InChI=1S/C18H12ClS/c19-13-6-5-7-14(12-13)20-17-10-3-1-8-15(17)16-9-2-4-11-18(16)20/h1-12H/q+1. The van der Waals surface area contributed by atoms with E-state index in [-0.39, 0.29) is 10.5 Å². The van der Waals surface area contributed by atoms with E-state index in [0.717, 1.165) is 5.02 Å². The van der Waals surface area contributed by atoms with E-state index in [4.69, 9.17) is 11.6 Å². The molecule has 0 nitrogen and oxygen atoms in total. The lowest BCUT2D eigenvalue weighted by molar-refractivity contribution is 1.76. The largest absolute Gasteiger partial charge is 0.187 e. The van der Waals surface area contributed by atoms with Gasteiger partial charge in [-0.15, -0.1) is 0 Å². The van der Waals surface area contributed by atoms with Crippen molar-refractivity contribution in [2.75, 3.05) is 0 Å². The molecule has 1 aromatic heterocycles. The van der Waals surface area contributed by atoms with Crippen LogP contribution in [0.15, 0.2) is 72.8 Å². The lowest BCUT2D eigenvalue weighted by Gasteiger charge is -1.94. The Hall–Kier alpha value is -1.83. The van der Waals surface area contributed by atoms with Crippen LogP contribution in [0.25, 0.3) is 25.1 Å². The van der Waals surface area contributed by atoms with Crippen molar-refractivity contribution < 1.29 is 0 Å². The summed E-state index contributed by atoms with van der Waals surface area (Å²) in [6.45, 7) is 0. The summed E-state index contributed by atoms with van der Waals surface area (Å²) in [5.41, 5.74) is 0. The molecule has 0 N–H and O–H groups in total. The van der Waals surface area contributed by atoms with Gasteiger partial charge in [0, 0.05) is 32.3 Å². The minimum Gasteiger partial charge on any atom is -0.0841 e. The molecule has 1 heterocycles. The number of halogens is 1. The Balaban J connectivity index is 2.21. The maximum Gasteiger partial charge on any atom is 0.187 e. The van der Waals surface area contributed by atoms with Crippen molar-refractivity contribution in [3.63, 3.8) is 0 Å². The second-order valence-corrected chi connectivity index (χ2v) is 7.16. The van der Waals surface area contributed by atoms with Crippen molar-refractivity contribution in [1.82, 2.24) is 0 Å². The summed E-state index contributed by atoms with van der Waals surface area (Å²) in [7, 11) is -0.0353. The molecule has 0 bridgehead atoms. The number of hydrogen-bond donors (Lipinski definition) is 0. The van der Waals surface area contributed by atoms with Crippen LogP contribution < -0.4 is 0 Å². The fourth-order valence-corrected chi connectivity index (χ4v) is 5.39. The smallest absolute Gasteiger partial charge is 0.0841 e. The van der Waals surface area contributed by atoms with Gasteiger partial charge < -0.3 is 0 Å². The van der Waals surface area contributed by atoms with E-state index in [1.165, 1.54) is 25.1 Å². The van der Waals surface area contributed by atoms with E-state index >= 15 is 0 Å². The average Bonchev–Trinajstić information content (AvgIpc) is 2.82. The summed E-state index contributed by atoms with van der Waals surface area (Å²) in [6, 6.07) is 25.6. The van der Waals surface area contributed by atoms with E-state index < -0.39 is 0 Å². The molecule has 0 saturated heterocycles. The molecule has 4 aromatic rings. The van der Waals surface area contributed by atoms with Crippen LogP contribution in [-0.4, -0.2) is 0 Å². The average molecular weight is 296 g/mol. The van der Waals surface area contributed by atoms with E-state index in [2.05, 4.69) is 60.7 Å². The molecule has 0 unspecified atom stereocenters. The SMILES string of the molecule is Clc1cccc(-[s+]2c3ccccc3c3ccccc32)c1. The summed E-state index contributed by atoms with van der Waals surface area (Å²) in [4.78, 5) is 1.29. The molecule has 0 radical (unpaired) electrons. The Bertz CT molecular complexity index is 868. The first kappa shape index (κ1) is 12.0. The quantitative estimate of drug-likeness (QED) is 0.357. The Morgan fingerprint density at radius 3 is 1.85 bits per heavy atom. The fourth-order valence-electron chi connectivity index (χ4n) is 2.70. The van der Waals surface area contributed by atoms with E-state index in [1.54, 1.807) is 0 Å². The van der Waals surface area contributed by atoms with Crippen LogP contribution in [0.4, 0.5) is 0 Å². The Morgan fingerprint density at radius 2 is 1.25 bits per heavy atom. The van der Waals surface area contributed by atoms with Crippen LogP contribution in [0.1, 0.15) is 0 Å². The molecule has 0 atom stereocenters. The molecule has 0 spiro atoms. The second kappa shape index (κ2) is 4.62. The highest BCUT2D eigenvalue weighted by Gasteiger charge is 2.22. The Kier molecular flexibility index (Phi) is 2.76. The first-order valence-corrected chi connectivity index (χ1v) is 8.13. The minimum atomic E-state index is -0.0353. The number of benzene rings is 3. The van der Waals surface area contributed by atoms with Gasteiger partial charge in [0.25, 0.3) is 0 Å². The maximum atomic E-state index is 6.18. The van der Waals surface area contributed by atoms with E-state index in [0.29, 0.717) is 0 Å². The van der Waals surface area contributed by atoms with Gasteiger partial charge in [-0.25, -0.2) is 0 Å². The van der Waals surface area contributed by atoms with Crippen molar-refractivity contribution >= 4 is 42.2 Å². The third-order valence-corrected chi connectivity index (χ3v) is 6.09. The van der Waals surface area contributed by atoms with Gasteiger partial charge >= 0.3 is 0 Å². The van der Waals surface area contributed by atoms with Gasteiger partial charge in [-0.3, -0.25) is 0 Å². The molecule has 0 saturated carbocycles. The summed E-state index contributed by atoms with van der Waals surface area (Å²) in [5.74, 6) is 0. The second-order valence-electron chi connectivity index (χ2n) is 4.76. The molecule has 20 heavy (non-hydrogen) atoms. The molecule has 4 rings (SSSR count). The third-order valence-electron chi connectivity index (χ3n) is 3.54. The molecule has 0 fully saturated rings. The number of thiophene rings is 1. The monoisotopic (exact) mass is 295 g/mol. The first-order chi connectivity index (χ1) is 9.84. The van der Waals surface area contributed by atoms with Crippen LogP contribution in [0.5, 0.6) is 0 Å². The zero-order valence-electron chi connectivity index (χ0n) is 10.7. The first-order valence-electron chi connectivity index (χ1n) is 6.53. The molecule has 0 aliphatic carbocycles. The maximum absolute atomic E-state index is 6.18. The van der Waals surface area contributed by atoms with Gasteiger partial charge in [0.15, 0.2) is 14.3 Å². The topological polar surface area (TPSA) is 0 Å². The summed E-state index contributed by atoms with van der Waals surface area (Å²) in [5, 5.41) is 3.51. The Labute approximate surface area is 125 Å². The highest BCUT2D eigenvalue weighted by molar-refractivity contribution is 7.50. The predicted molar refractivity (Wildman–Crippen MR) is 90.3 cm³/mol. The van der Waals surface area contributed by atoms with Gasteiger partial charge in [0.2, 0.25) is 0 Å². The van der Waals surface area contributed by atoms with Gasteiger partial charge in [-0.1, -0.05) is 41.9 Å². The lowest BCUT2D eigenvalue weighted by Crippen LogP contribution is -1.70. The van der Waals surface area contributed by atoms with Crippen LogP contribution >= 0.6 is 22.1 Å². The molecule has 3 aromatic carbocycles. The lowest BCUT2D eigenvalue weighted by atomic mass is 10.2. The van der Waals surface area contributed by atoms with Crippen LogP contribution in [0.2, 0.25) is 5.02 Å². The molecule has 0 amide bonds. The van der Waals surface area contributed by atoms with E-state index in [9.17, 15) is 0 Å². The van der Waals surface area contributed by atoms with Crippen LogP contribution in [0, 0.1) is 0 Å². The van der Waals surface area contributed by atoms with Gasteiger partial charge in [-0.05, 0) is 36.4 Å². The van der Waals surface area contributed by atoms with Crippen LogP contribution in [0.3, 0.4) is 0 Å². The number of hydrogen-bond acceptors (Lipinski definition) is 0. The van der Waals surface area contributed by atoms with Gasteiger partial charge in [0.1, 0.15) is 0 Å². The molecule has 96 valence electrons. The highest BCUT2D eigenvalue weighted by atomic mass is 35.5.